The van der Waals surface area contributed by atoms with Crippen molar-refractivity contribution in [1.29, 1.82) is 0 Å². The lowest BCUT2D eigenvalue weighted by atomic mass is 9.79. The van der Waals surface area contributed by atoms with Crippen molar-refractivity contribution in [2.45, 2.75) is 12.8 Å². The number of benzene rings is 1. The Morgan fingerprint density at radius 1 is 1.19 bits per heavy atom. The van der Waals surface area contributed by atoms with Gasteiger partial charge in [0.25, 0.3) is 11.8 Å². The van der Waals surface area contributed by atoms with E-state index in [-0.39, 0.29) is 30.3 Å². The second-order valence-corrected chi connectivity index (χ2v) is 6.70. The van der Waals surface area contributed by atoms with Crippen molar-refractivity contribution in [2.24, 2.45) is 5.41 Å². The molecule has 1 fully saturated rings. The van der Waals surface area contributed by atoms with Crippen LogP contribution in [-0.2, 0) is 9.53 Å². The van der Waals surface area contributed by atoms with Crippen LogP contribution in [0.5, 0.6) is 0 Å². The van der Waals surface area contributed by atoms with E-state index < -0.39 is 11.8 Å². The molecule has 0 spiro atoms. The summed E-state index contributed by atoms with van der Waals surface area (Å²) < 4.78 is 5.33. The molecule has 142 valence electrons. The molecule has 2 N–H and O–H groups in total. The van der Waals surface area contributed by atoms with Gasteiger partial charge in [-0.3, -0.25) is 19.3 Å². The van der Waals surface area contributed by atoms with Crippen molar-refractivity contribution >= 4 is 30.1 Å². The first-order chi connectivity index (χ1) is 12.1. The Labute approximate surface area is 158 Å². The molecule has 0 bridgehead atoms. The second kappa shape index (κ2) is 8.62. The van der Waals surface area contributed by atoms with Gasteiger partial charge in [-0.25, -0.2) is 0 Å². The van der Waals surface area contributed by atoms with Gasteiger partial charge in [0.05, 0.1) is 17.7 Å². The molecule has 0 radical (unpaired) electrons. The van der Waals surface area contributed by atoms with E-state index in [9.17, 15) is 14.4 Å². The van der Waals surface area contributed by atoms with Crippen LogP contribution in [0.15, 0.2) is 24.3 Å². The summed E-state index contributed by atoms with van der Waals surface area (Å²) >= 11 is 0. The predicted molar refractivity (Wildman–Crippen MR) is 98.5 cm³/mol. The van der Waals surface area contributed by atoms with Gasteiger partial charge in [0.2, 0.25) is 5.91 Å². The zero-order valence-corrected chi connectivity index (χ0v) is 15.6. The number of nitrogens with zero attached hydrogens (tertiary/aromatic N) is 1. The summed E-state index contributed by atoms with van der Waals surface area (Å²) in [4.78, 5) is 37.9. The summed E-state index contributed by atoms with van der Waals surface area (Å²) in [6.45, 7) is 2.56. The average molecular weight is 382 g/mol. The standard InChI is InChI=1S/C18H23N3O4.ClH/c1-25-12-18(6-8-19-9-7-18)11-20-15(22)10-21-16(23)13-4-2-3-5-14(13)17(21)24;/h2-5,19H,6-12H2,1H3,(H,20,22);1H. The first kappa shape index (κ1) is 20.4. The molecule has 26 heavy (non-hydrogen) atoms. The quantitative estimate of drug-likeness (QED) is 0.713. The summed E-state index contributed by atoms with van der Waals surface area (Å²) in [5.74, 6) is -1.16. The number of halogens is 1. The van der Waals surface area contributed by atoms with E-state index in [1.54, 1.807) is 31.4 Å². The molecule has 2 aliphatic rings. The molecule has 0 aliphatic carbocycles. The third kappa shape index (κ3) is 4.06. The number of piperidine rings is 1. The van der Waals surface area contributed by atoms with E-state index >= 15 is 0 Å². The fourth-order valence-electron chi connectivity index (χ4n) is 3.50. The van der Waals surface area contributed by atoms with Crippen LogP contribution in [0.2, 0.25) is 0 Å². The Hall–Kier alpha value is -1.96. The zero-order valence-electron chi connectivity index (χ0n) is 14.7. The summed E-state index contributed by atoms with van der Waals surface area (Å²) in [6.07, 6.45) is 1.82. The minimum Gasteiger partial charge on any atom is -0.384 e. The van der Waals surface area contributed by atoms with Gasteiger partial charge in [-0.2, -0.15) is 0 Å². The maximum Gasteiger partial charge on any atom is 0.262 e. The van der Waals surface area contributed by atoms with Gasteiger partial charge < -0.3 is 15.4 Å². The fraction of sp³-hybridized carbons (Fsp3) is 0.500. The molecule has 1 saturated heterocycles. The van der Waals surface area contributed by atoms with Crippen LogP contribution in [-0.4, -0.2) is 62.5 Å². The van der Waals surface area contributed by atoms with Crippen LogP contribution >= 0.6 is 12.4 Å². The Morgan fingerprint density at radius 3 is 2.31 bits per heavy atom. The van der Waals surface area contributed by atoms with E-state index in [4.69, 9.17) is 4.74 Å². The first-order valence-electron chi connectivity index (χ1n) is 8.48. The number of carbonyl (C=O) groups is 3. The van der Waals surface area contributed by atoms with Crippen LogP contribution < -0.4 is 10.6 Å². The van der Waals surface area contributed by atoms with E-state index in [1.807, 2.05) is 0 Å². The Kier molecular flexibility index (Phi) is 6.75. The highest BCUT2D eigenvalue weighted by Crippen LogP contribution is 2.28. The highest BCUT2D eigenvalue weighted by atomic mass is 35.5. The second-order valence-electron chi connectivity index (χ2n) is 6.70. The molecule has 0 aromatic heterocycles. The summed E-state index contributed by atoms with van der Waals surface area (Å²) in [6, 6.07) is 6.63. The van der Waals surface area contributed by atoms with E-state index in [2.05, 4.69) is 10.6 Å². The number of nitrogens with one attached hydrogen (secondary N) is 2. The summed E-state index contributed by atoms with van der Waals surface area (Å²) in [5.41, 5.74) is 0.612. The van der Waals surface area contributed by atoms with Crippen molar-refractivity contribution in [3.05, 3.63) is 35.4 Å². The molecule has 0 atom stereocenters. The maximum absolute atomic E-state index is 12.3. The number of rotatable bonds is 6. The molecule has 8 heteroatoms. The van der Waals surface area contributed by atoms with Crippen molar-refractivity contribution < 1.29 is 19.1 Å². The molecular formula is C18H24ClN3O4. The lowest BCUT2D eigenvalue weighted by Crippen LogP contribution is -2.49. The van der Waals surface area contributed by atoms with Gasteiger partial charge in [-0.1, -0.05) is 12.1 Å². The third-order valence-electron chi connectivity index (χ3n) is 4.96. The molecule has 0 unspecified atom stereocenters. The Balaban J connectivity index is 0.00000243. The van der Waals surface area contributed by atoms with E-state index in [0.29, 0.717) is 24.3 Å². The fourth-order valence-corrected chi connectivity index (χ4v) is 3.50. The van der Waals surface area contributed by atoms with Crippen LogP contribution in [0.1, 0.15) is 33.6 Å². The molecule has 2 aliphatic heterocycles. The Bertz CT molecular complexity index is 648. The number of hydrogen-bond acceptors (Lipinski definition) is 5. The Morgan fingerprint density at radius 2 is 1.77 bits per heavy atom. The number of methoxy groups -OCH3 is 1. The topological polar surface area (TPSA) is 87.7 Å². The largest absolute Gasteiger partial charge is 0.384 e. The molecule has 3 rings (SSSR count). The van der Waals surface area contributed by atoms with Gasteiger partial charge in [-0.05, 0) is 38.1 Å². The summed E-state index contributed by atoms with van der Waals surface area (Å²) in [5, 5.41) is 6.18. The number of ether oxygens (including phenoxy) is 1. The number of hydrogen-bond donors (Lipinski definition) is 2. The highest BCUT2D eigenvalue weighted by molar-refractivity contribution is 6.22. The lowest BCUT2D eigenvalue weighted by molar-refractivity contribution is -0.122. The van der Waals surface area contributed by atoms with Crippen LogP contribution in [0.25, 0.3) is 0 Å². The van der Waals surface area contributed by atoms with Gasteiger partial charge >= 0.3 is 0 Å². The smallest absolute Gasteiger partial charge is 0.262 e. The van der Waals surface area contributed by atoms with Crippen molar-refractivity contribution in [2.75, 3.05) is 39.9 Å². The van der Waals surface area contributed by atoms with Gasteiger partial charge in [0.15, 0.2) is 0 Å². The molecule has 7 nitrogen and oxygen atoms in total. The van der Waals surface area contributed by atoms with Crippen LogP contribution in [0.4, 0.5) is 0 Å². The molecule has 1 aromatic rings. The number of fused-ring (bicyclic) bond motifs is 1. The predicted octanol–water partition coefficient (Wildman–Crippen LogP) is 0.837. The van der Waals surface area contributed by atoms with Crippen LogP contribution in [0.3, 0.4) is 0 Å². The minimum absolute atomic E-state index is 0. The summed E-state index contributed by atoms with van der Waals surface area (Å²) in [7, 11) is 1.66. The van der Waals surface area contributed by atoms with Gasteiger partial charge in [0.1, 0.15) is 6.54 Å². The highest BCUT2D eigenvalue weighted by Gasteiger charge is 2.37. The number of imide groups is 1. The number of amides is 3. The SMILES string of the molecule is COCC1(CNC(=O)CN2C(=O)c3ccccc3C2=O)CCNCC1.Cl. The third-order valence-corrected chi connectivity index (χ3v) is 4.96. The molecule has 2 heterocycles. The van der Waals surface area contributed by atoms with E-state index in [0.717, 1.165) is 30.8 Å². The number of carbonyl (C=O) groups excluding carboxylic acids is 3. The molecule has 1 aromatic carbocycles. The maximum atomic E-state index is 12.3. The van der Waals surface area contributed by atoms with Gasteiger partial charge in [0, 0.05) is 19.1 Å². The van der Waals surface area contributed by atoms with Crippen molar-refractivity contribution in [1.82, 2.24) is 15.5 Å². The van der Waals surface area contributed by atoms with Crippen molar-refractivity contribution in [3.8, 4) is 0 Å². The van der Waals surface area contributed by atoms with E-state index in [1.165, 1.54) is 0 Å². The monoisotopic (exact) mass is 381 g/mol. The van der Waals surface area contributed by atoms with Crippen LogP contribution in [0, 0.1) is 5.41 Å². The average Bonchev–Trinajstić information content (AvgIpc) is 2.87. The molecular weight excluding hydrogens is 358 g/mol. The first-order valence-corrected chi connectivity index (χ1v) is 8.48. The zero-order chi connectivity index (χ0) is 17.9. The molecule has 0 saturated carbocycles. The molecule has 3 amide bonds. The lowest BCUT2D eigenvalue weighted by Gasteiger charge is -2.37. The van der Waals surface area contributed by atoms with Crippen molar-refractivity contribution in [3.63, 3.8) is 0 Å². The normalized spacial score (nSPS) is 18.3. The van der Waals surface area contributed by atoms with Gasteiger partial charge in [-0.15, -0.1) is 12.4 Å². The minimum atomic E-state index is -0.413.